The van der Waals surface area contributed by atoms with Gasteiger partial charge in [0.2, 0.25) is 0 Å². The first-order valence-corrected chi connectivity index (χ1v) is 6.22. The largest absolute Gasteiger partial charge is 0.207 e. The molecule has 90 valence electrons. The molecule has 0 heterocycles. The predicted molar refractivity (Wildman–Crippen MR) is 68.4 cm³/mol. The van der Waals surface area contributed by atoms with Crippen molar-refractivity contribution in [2.45, 2.75) is 45.4 Å². The molecule has 1 aromatic carbocycles. The van der Waals surface area contributed by atoms with Gasteiger partial charge in [-0.3, -0.25) is 0 Å². The van der Waals surface area contributed by atoms with Crippen LogP contribution in [0, 0.1) is 11.2 Å². The van der Waals surface area contributed by atoms with Gasteiger partial charge < -0.3 is 0 Å². The van der Waals surface area contributed by atoms with Crippen molar-refractivity contribution in [3.8, 4) is 0 Å². The van der Waals surface area contributed by atoms with Gasteiger partial charge in [0.15, 0.2) is 0 Å². The van der Waals surface area contributed by atoms with Gasteiger partial charge >= 0.3 is 0 Å². The molecule has 0 radical (unpaired) electrons. The number of benzene rings is 1. The van der Waals surface area contributed by atoms with Crippen molar-refractivity contribution in [2.75, 3.05) is 0 Å². The summed E-state index contributed by atoms with van der Waals surface area (Å²) < 4.78 is 13.3. The van der Waals surface area contributed by atoms with E-state index < -0.39 is 0 Å². The minimum Gasteiger partial charge on any atom is -0.207 e. The zero-order valence-electron chi connectivity index (χ0n) is 10.3. The average Bonchev–Trinajstić information content (AvgIpc) is 2.19. The van der Waals surface area contributed by atoms with Crippen molar-refractivity contribution in [2.24, 2.45) is 5.41 Å². The molecule has 0 saturated heterocycles. The van der Waals surface area contributed by atoms with Crippen molar-refractivity contribution < 1.29 is 4.39 Å². The third kappa shape index (κ3) is 4.13. The Balaban J connectivity index is 2.40. The van der Waals surface area contributed by atoms with Crippen LogP contribution in [0.5, 0.6) is 0 Å². The molecule has 0 bridgehead atoms. The number of aryl methyl sites for hydroxylation is 1. The molecule has 1 atom stereocenters. The lowest BCUT2D eigenvalue weighted by molar-refractivity contribution is 0.368. The van der Waals surface area contributed by atoms with Gasteiger partial charge in [0, 0.05) is 5.38 Å². The summed E-state index contributed by atoms with van der Waals surface area (Å²) in [6.07, 6.45) is 2.64. The monoisotopic (exact) mass is 242 g/mol. The van der Waals surface area contributed by atoms with Crippen LogP contribution in [0.4, 0.5) is 4.39 Å². The second-order valence-corrected chi connectivity index (χ2v) is 5.84. The van der Waals surface area contributed by atoms with Crippen molar-refractivity contribution in [1.82, 2.24) is 0 Å². The van der Waals surface area contributed by atoms with Crippen LogP contribution < -0.4 is 0 Å². The topological polar surface area (TPSA) is 0 Å². The molecular formula is C14H20ClF. The lowest BCUT2D eigenvalue weighted by Gasteiger charge is -2.24. The highest BCUT2D eigenvalue weighted by Gasteiger charge is 2.21. The maximum Gasteiger partial charge on any atom is 0.126 e. The van der Waals surface area contributed by atoms with E-state index in [9.17, 15) is 4.39 Å². The van der Waals surface area contributed by atoms with Gasteiger partial charge in [-0.2, -0.15) is 0 Å². The fraction of sp³-hybridized carbons (Fsp3) is 0.571. The van der Waals surface area contributed by atoms with Crippen LogP contribution in [0.1, 0.15) is 39.2 Å². The van der Waals surface area contributed by atoms with Crippen LogP contribution in [-0.2, 0) is 6.42 Å². The number of rotatable bonds is 4. The predicted octanol–water partition coefficient (Wildman–Crippen LogP) is 4.80. The first-order chi connectivity index (χ1) is 7.41. The van der Waals surface area contributed by atoms with Crippen LogP contribution >= 0.6 is 11.6 Å². The average molecular weight is 243 g/mol. The van der Waals surface area contributed by atoms with E-state index in [0.717, 1.165) is 24.8 Å². The van der Waals surface area contributed by atoms with Crippen molar-refractivity contribution >= 4 is 11.6 Å². The highest BCUT2D eigenvalue weighted by Crippen LogP contribution is 2.28. The van der Waals surface area contributed by atoms with Gasteiger partial charge in [-0.05, 0) is 36.3 Å². The Morgan fingerprint density at radius 2 is 1.88 bits per heavy atom. The summed E-state index contributed by atoms with van der Waals surface area (Å²) in [6, 6.07) is 6.95. The Kier molecular flexibility index (Phi) is 4.79. The molecule has 1 rings (SSSR count). The van der Waals surface area contributed by atoms with Crippen LogP contribution in [0.25, 0.3) is 0 Å². The molecule has 0 fully saturated rings. The summed E-state index contributed by atoms with van der Waals surface area (Å²) in [5, 5.41) is 0.152. The molecule has 0 spiro atoms. The third-order valence-corrected chi connectivity index (χ3v) is 3.67. The fourth-order valence-corrected chi connectivity index (χ4v) is 1.76. The molecule has 0 saturated carbocycles. The van der Waals surface area contributed by atoms with Crippen LogP contribution in [-0.4, -0.2) is 5.38 Å². The Labute approximate surface area is 103 Å². The van der Waals surface area contributed by atoms with E-state index in [1.807, 2.05) is 12.1 Å². The zero-order chi connectivity index (χ0) is 12.2. The highest BCUT2D eigenvalue weighted by molar-refractivity contribution is 6.21. The number of halogens is 2. The standard InChI is InChI=1S/C14H20ClF/c1-14(2,3)13(15)10-6-8-11-7-4-5-9-12(11)16/h4-5,7,9,13H,6,8,10H2,1-3H3. The van der Waals surface area contributed by atoms with Gasteiger partial charge in [0.25, 0.3) is 0 Å². The van der Waals surface area contributed by atoms with Crippen molar-refractivity contribution in [3.05, 3.63) is 35.6 Å². The summed E-state index contributed by atoms with van der Waals surface area (Å²) >= 11 is 6.27. The van der Waals surface area contributed by atoms with Crippen molar-refractivity contribution in [3.63, 3.8) is 0 Å². The minimum absolute atomic E-state index is 0.107. The normalized spacial score (nSPS) is 13.8. The second kappa shape index (κ2) is 5.67. The van der Waals surface area contributed by atoms with E-state index in [-0.39, 0.29) is 16.6 Å². The lowest BCUT2D eigenvalue weighted by atomic mass is 9.88. The molecule has 0 aliphatic carbocycles. The Bertz CT molecular complexity index is 328. The van der Waals surface area contributed by atoms with Crippen LogP contribution in [0.3, 0.4) is 0 Å². The molecule has 0 aliphatic heterocycles. The quantitative estimate of drug-likeness (QED) is 0.666. The summed E-state index contributed by atoms with van der Waals surface area (Å²) in [7, 11) is 0. The van der Waals surface area contributed by atoms with Crippen LogP contribution in [0.15, 0.2) is 24.3 Å². The molecule has 0 aliphatic rings. The van der Waals surface area contributed by atoms with Gasteiger partial charge in [-0.25, -0.2) is 4.39 Å². The van der Waals surface area contributed by atoms with E-state index in [1.165, 1.54) is 6.07 Å². The Hall–Kier alpha value is -0.560. The molecule has 0 nitrogen and oxygen atoms in total. The van der Waals surface area contributed by atoms with E-state index in [4.69, 9.17) is 11.6 Å². The number of hydrogen-bond acceptors (Lipinski definition) is 0. The van der Waals surface area contributed by atoms with Gasteiger partial charge in [0.05, 0.1) is 0 Å². The summed E-state index contributed by atoms with van der Waals surface area (Å²) in [6.45, 7) is 6.40. The smallest absolute Gasteiger partial charge is 0.126 e. The van der Waals surface area contributed by atoms with E-state index in [2.05, 4.69) is 20.8 Å². The van der Waals surface area contributed by atoms with Gasteiger partial charge in [-0.1, -0.05) is 39.0 Å². The summed E-state index contributed by atoms with van der Waals surface area (Å²) in [4.78, 5) is 0. The Morgan fingerprint density at radius 3 is 2.44 bits per heavy atom. The molecule has 0 amide bonds. The van der Waals surface area contributed by atoms with Gasteiger partial charge in [-0.15, -0.1) is 11.6 Å². The summed E-state index contributed by atoms with van der Waals surface area (Å²) in [5.74, 6) is -0.107. The zero-order valence-corrected chi connectivity index (χ0v) is 11.0. The Morgan fingerprint density at radius 1 is 1.25 bits per heavy atom. The SMILES string of the molecule is CC(C)(C)C(Cl)CCCc1ccccc1F. The maximum absolute atomic E-state index is 13.3. The van der Waals surface area contributed by atoms with Gasteiger partial charge in [0.1, 0.15) is 5.82 Å². The molecular weight excluding hydrogens is 223 g/mol. The molecule has 16 heavy (non-hydrogen) atoms. The van der Waals surface area contributed by atoms with Crippen LogP contribution in [0.2, 0.25) is 0 Å². The first kappa shape index (κ1) is 13.5. The van der Waals surface area contributed by atoms with E-state index >= 15 is 0 Å². The molecule has 1 aromatic rings. The fourth-order valence-electron chi connectivity index (χ4n) is 1.61. The van der Waals surface area contributed by atoms with Crippen molar-refractivity contribution in [1.29, 1.82) is 0 Å². The number of alkyl halides is 1. The molecule has 0 aromatic heterocycles. The minimum atomic E-state index is -0.107. The molecule has 0 N–H and O–H groups in total. The molecule has 1 unspecified atom stereocenters. The highest BCUT2D eigenvalue weighted by atomic mass is 35.5. The molecule has 2 heteroatoms. The van der Waals surface area contributed by atoms with E-state index in [1.54, 1.807) is 6.07 Å². The summed E-state index contributed by atoms with van der Waals surface area (Å²) in [5.41, 5.74) is 0.914. The third-order valence-electron chi connectivity index (χ3n) is 2.80. The first-order valence-electron chi connectivity index (χ1n) is 5.79. The number of hydrogen-bond donors (Lipinski definition) is 0. The second-order valence-electron chi connectivity index (χ2n) is 5.32. The maximum atomic E-state index is 13.3. The van der Waals surface area contributed by atoms with E-state index in [0.29, 0.717) is 0 Å². The lowest BCUT2D eigenvalue weighted by Crippen LogP contribution is -2.20.